The Morgan fingerprint density at radius 3 is 1.97 bits per heavy atom. The number of carbonyl (C=O) groups excluding carboxylic acids is 2. The maximum atomic E-state index is 13.5. The summed E-state index contributed by atoms with van der Waals surface area (Å²) in [5, 5.41) is 9.68. The molecule has 0 saturated carbocycles. The van der Waals surface area contributed by atoms with Crippen molar-refractivity contribution in [2.75, 3.05) is 42.1 Å². The molecule has 0 aromatic heterocycles. The summed E-state index contributed by atoms with van der Waals surface area (Å²) in [6.45, 7) is 1.67. The van der Waals surface area contributed by atoms with Gasteiger partial charge in [0.2, 0.25) is 5.75 Å². The summed E-state index contributed by atoms with van der Waals surface area (Å²) in [6, 6.07) is 10.7. The lowest BCUT2D eigenvalue weighted by atomic mass is 9.93. The summed E-state index contributed by atoms with van der Waals surface area (Å²) in [4.78, 5) is 27.5. The fraction of sp³-hybridized carbons (Fsp3) is 0.296. The van der Waals surface area contributed by atoms with Crippen molar-refractivity contribution in [1.29, 1.82) is 5.26 Å². The number of hydrogen-bond acceptors (Lipinski definition) is 8. The first-order valence-corrected chi connectivity index (χ1v) is 11.0. The second kappa shape index (κ2) is 11.3. The van der Waals surface area contributed by atoms with E-state index in [-0.39, 0.29) is 17.7 Å². The average Bonchev–Trinajstić information content (AvgIpc) is 2.90. The van der Waals surface area contributed by atoms with Gasteiger partial charge < -0.3 is 23.7 Å². The van der Waals surface area contributed by atoms with E-state index in [4.69, 9.17) is 23.7 Å². The molecule has 0 N–H and O–H groups in total. The first-order valence-electron chi connectivity index (χ1n) is 11.0. The monoisotopic (exact) mass is 492 g/mol. The van der Waals surface area contributed by atoms with Gasteiger partial charge in [-0.25, -0.2) is 0 Å². The summed E-state index contributed by atoms with van der Waals surface area (Å²) >= 11 is 0. The molecule has 0 bridgehead atoms. The van der Waals surface area contributed by atoms with Gasteiger partial charge in [-0.3, -0.25) is 14.5 Å². The minimum Gasteiger partial charge on any atom is -0.493 e. The van der Waals surface area contributed by atoms with Gasteiger partial charge in [-0.2, -0.15) is 5.26 Å². The SMILES string of the molecule is COc1ccc(CCN2C(=O)C(C#N)=C(C)/C(=C\c3cc(OC)c(OC)c(OC)c3)C2=O)cc1OC. The van der Waals surface area contributed by atoms with E-state index in [0.29, 0.717) is 46.3 Å². The Morgan fingerprint density at radius 2 is 1.44 bits per heavy atom. The summed E-state index contributed by atoms with van der Waals surface area (Å²) in [6.07, 6.45) is 1.97. The Morgan fingerprint density at radius 1 is 0.833 bits per heavy atom. The number of amides is 2. The van der Waals surface area contributed by atoms with Gasteiger partial charge in [0, 0.05) is 12.1 Å². The molecule has 9 heteroatoms. The minimum absolute atomic E-state index is 0.0816. The fourth-order valence-corrected chi connectivity index (χ4v) is 3.96. The molecule has 0 atom stereocenters. The van der Waals surface area contributed by atoms with Crippen LogP contribution in [0.2, 0.25) is 0 Å². The molecule has 188 valence electrons. The first-order chi connectivity index (χ1) is 17.3. The maximum absolute atomic E-state index is 13.5. The molecule has 3 rings (SSSR count). The Bertz CT molecular complexity index is 1260. The van der Waals surface area contributed by atoms with Crippen LogP contribution in [0.1, 0.15) is 18.1 Å². The van der Waals surface area contributed by atoms with Crippen molar-refractivity contribution < 1.29 is 33.3 Å². The zero-order valence-electron chi connectivity index (χ0n) is 21.1. The van der Waals surface area contributed by atoms with Crippen LogP contribution >= 0.6 is 0 Å². The summed E-state index contributed by atoms with van der Waals surface area (Å²) in [7, 11) is 7.56. The van der Waals surface area contributed by atoms with E-state index in [1.54, 1.807) is 44.4 Å². The highest BCUT2D eigenvalue weighted by Crippen LogP contribution is 2.39. The molecule has 2 aromatic rings. The van der Waals surface area contributed by atoms with Crippen molar-refractivity contribution in [2.45, 2.75) is 13.3 Å². The molecule has 1 heterocycles. The molecule has 1 aliphatic heterocycles. The Kier molecular flexibility index (Phi) is 8.22. The third-order valence-electron chi connectivity index (χ3n) is 5.90. The topological polar surface area (TPSA) is 107 Å². The summed E-state index contributed by atoms with van der Waals surface area (Å²) in [5.41, 5.74) is 1.88. The summed E-state index contributed by atoms with van der Waals surface area (Å²) < 4.78 is 26.7. The second-order valence-electron chi connectivity index (χ2n) is 7.83. The number of nitriles is 1. The summed E-state index contributed by atoms with van der Waals surface area (Å²) in [5.74, 6) is 1.24. The third kappa shape index (κ3) is 4.98. The van der Waals surface area contributed by atoms with Crippen LogP contribution < -0.4 is 23.7 Å². The highest BCUT2D eigenvalue weighted by molar-refractivity contribution is 6.19. The Hall–Kier alpha value is -4.45. The van der Waals surface area contributed by atoms with Crippen LogP contribution in [0.5, 0.6) is 28.7 Å². The van der Waals surface area contributed by atoms with Crippen LogP contribution in [-0.4, -0.2) is 58.8 Å². The maximum Gasteiger partial charge on any atom is 0.271 e. The van der Waals surface area contributed by atoms with Gasteiger partial charge in [-0.15, -0.1) is 0 Å². The predicted octanol–water partition coefficient (Wildman–Crippen LogP) is 3.56. The quantitative estimate of drug-likeness (QED) is 0.386. The van der Waals surface area contributed by atoms with Crippen molar-refractivity contribution in [1.82, 2.24) is 4.90 Å². The van der Waals surface area contributed by atoms with Crippen LogP contribution in [0, 0.1) is 11.3 Å². The Labute approximate surface area is 210 Å². The zero-order valence-corrected chi connectivity index (χ0v) is 21.1. The molecule has 0 radical (unpaired) electrons. The first kappa shape index (κ1) is 26.2. The number of carbonyl (C=O) groups is 2. The minimum atomic E-state index is -0.623. The number of imide groups is 1. The van der Waals surface area contributed by atoms with Gasteiger partial charge in [0.25, 0.3) is 11.8 Å². The molecule has 0 fully saturated rings. The number of ether oxygens (including phenoxy) is 5. The Balaban J connectivity index is 1.99. The van der Waals surface area contributed by atoms with E-state index in [2.05, 4.69) is 0 Å². The smallest absolute Gasteiger partial charge is 0.271 e. The average molecular weight is 493 g/mol. The second-order valence-corrected chi connectivity index (χ2v) is 7.83. The van der Waals surface area contributed by atoms with Crippen molar-refractivity contribution in [3.63, 3.8) is 0 Å². The molecule has 36 heavy (non-hydrogen) atoms. The van der Waals surface area contributed by atoms with Crippen LogP contribution in [0.15, 0.2) is 47.1 Å². The van der Waals surface area contributed by atoms with E-state index in [1.807, 2.05) is 12.1 Å². The van der Waals surface area contributed by atoms with Crippen LogP contribution in [-0.2, 0) is 16.0 Å². The van der Waals surface area contributed by atoms with Gasteiger partial charge in [0.15, 0.2) is 23.0 Å². The lowest BCUT2D eigenvalue weighted by molar-refractivity contribution is -0.140. The normalized spacial score (nSPS) is 14.6. The molecule has 1 aliphatic rings. The predicted molar refractivity (Wildman–Crippen MR) is 132 cm³/mol. The van der Waals surface area contributed by atoms with E-state index in [0.717, 1.165) is 10.5 Å². The molecule has 0 spiro atoms. The third-order valence-corrected chi connectivity index (χ3v) is 5.90. The van der Waals surface area contributed by atoms with Crippen molar-refractivity contribution in [2.24, 2.45) is 0 Å². The number of hydrogen-bond donors (Lipinski definition) is 0. The van der Waals surface area contributed by atoms with Crippen molar-refractivity contribution in [3.8, 4) is 34.8 Å². The number of nitrogens with zero attached hydrogens (tertiary/aromatic N) is 2. The highest BCUT2D eigenvalue weighted by Gasteiger charge is 2.35. The van der Waals surface area contributed by atoms with E-state index in [9.17, 15) is 14.9 Å². The zero-order chi connectivity index (χ0) is 26.4. The molecule has 2 amide bonds. The van der Waals surface area contributed by atoms with Gasteiger partial charge in [0.1, 0.15) is 11.6 Å². The molecular weight excluding hydrogens is 464 g/mol. The number of benzene rings is 2. The lowest BCUT2D eigenvalue weighted by Crippen LogP contribution is -2.43. The van der Waals surface area contributed by atoms with Crippen LogP contribution in [0.4, 0.5) is 0 Å². The number of rotatable bonds is 9. The van der Waals surface area contributed by atoms with Crippen LogP contribution in [0.25, 0.3) is 6.08 Å². The van der Waals surface area contributed by atoms with E-state index < -0.39 is 11.8 Å². The number of methoxy groups -OCH3 is 5. The standard InChI is InChI=1S/C27H28N2O7/c1-16-19(11-18-13-23(34-4)25(36-6)24(14-18)35-5)26(30)29(27(31)20(16)15-28)10-9-17-7-8-21(32-2)22(12-17)33-3/h7-8,11-14H,9-10H2,1-6H3/b19-11+. The fourth-order valence-electron chi connectivity index (χ4n) is 3.96. The highest BCUT2D eigenvalue weighted by atomic mass is 16.5. The molecular formula is C27H28N2O7. The molecule has 0 aliphatic carbocycles. The van der Waals surface area contributed by atoms with Gasteiger partial charge >= 0.3 is 0 Å². The lowest BCUT2D eigenvalue weighted by Gasteiger charge is -2.27. The van der Waals surface area contributed by atoms with Gasteiger partial charge in [-0.05, 0) is 60.4 Å². The largest absolute Gasteiger partial charge is 0.493 e. The molecule has 9 nitrogen and oxygen atoms in total. The van der Waals surface area contributed by atoms with Crippen molar-refractivity contribution >= 4 is 17.9 Å². The van der Waals surface area contributed by atoms with Crippen molar-refractivity contribution in [3.05, 3.63) is 58.2 Å². The van der Waals surface area contributed by atoms with Gasteiger partial charge in [0.05, 0.1) is 35.5 Å². The van der Waals surface area contributed by atoms with Gasteiger partial charge in [-0.1, -0.05) is 6.07 Å². The molecule has 2 aromatic carbocycles. The molecule has 0 unspecified atom stereocenters. The van der Waals surface area contributed by atoms with E-state index in [1.165, 1.54) is 28.4 Å². The van der Waals surface area contributed by atoms with Crippen LogP contribution in [0.3, 0.4) is 0 Å². The molecule has 0 saturated heterocycles. The van der Waals surface area contributed by atoms with E-state index >= 15 is 0 Å².